The Labute approximate surface area is 150 Å². The average molecular weight is 330 g/mol. The highest BCUT2D eigenvalue weighted by atomic mass is 15.4. The minimum Gasteiger partial charge on any atom is -0.362 e. The Balaban J connectivity index is 1.66. The summed E-state index contributed by atoms with van der Waals surface area (Å²) in [5, 5.41) is 4.02. The Morgan fingerprint density at radius 1 is 0.880 bits per heavy atom. The lowest BCUT2D eigenvalue weighted by atomic mass is 9.69. The van der Waals surface area contributed by atoms with Crippen molar-refractivity contribution in [2.45, 2.75) is 44.3 Å². The smallest absolute Gasteiger partial charge is 0.112 e. The van der Waals surface area contributed by atoms with E-state index in [4.69, 9.17) is 0 Å². The predicted molar refractivity (Wildman–Crippen MR) is 103 cm³/mol. The van der Waals surface area contributed by atoms with Crippen molar-refractivity contribution in [2.75, 3.05) is 10.2 Å². The molecule has 0 radical (unpaired) electrons. The predicted octanol–water partition coefficient (Wildman–Crippen LogP) is 5.23. The Morgan fingerprint density at radius 2 is 1.56 bits per heavy atom. The van der Waals surface area contributed by atoms with Gasteiger partial charge in [0.1, 0.15) is 5.66 Å². The Kier molecular flexibility index (Phi) is 2.51. The van der Waals surface area contributed by atoms with Crippen LogP contribution in [0.15, 0.2) is 54.6 Å². The standard InChI is InChI=1S/C23H26N2/c1-22-18-10-6-7-11-19(18)24-23(2,25(22)17-8-4-3-5-9-17)21-16-13-12-15(14-16)20(21)22/h3-11,15-16,20-21,24H,12-14H2,1-2H3/t15-,16+,20?,21?,22-,23-/m1/s1. The normalized spacial score (nSPS) is 42.9. The van der Waals surface area contributed by atoms with E-state index in [2.05, 4.69) is 78.7 Å². The van der Waals surface area contributed by atoms with E-state index in [1.54, 1.807) is 0 Å². The van der Waals surface area contributed by atoms with Gasteiger partial charge in [0.2, 0.25) is 0 Å². The molecule has 2 unspecified atom stereocenters. The van der Waals surface area contributed by atoms with Gasteiger partial charge in [0.25, 0.3) is 0 Å². The topological polar surface area (TPSA) is 15.3 Å². The zero-order valence-corrected chi connectivity index (χ0v) is 15.1. The second-order valence-electron chi connectivity index (χ2n) is 9.02. The van der Waals surface area contributed by atoms with Crippen LogP contribution >= 0.6 is 0 Å². The van der Waals surface area contributed by atoms with E-state index in [-0.39, 0.29) is 11.2 Å². The monoisotopic (exact) mass is 330 g/mol. The summed E-state index contributed by atoms with van der Waals surface area (Å²) in [5.74, 6) is 3.27. The molecular weight excluding hydrogens is 304 g/mol. The second-order valence-corrected chi connectivity index (χ2v) is 9.02. The number of benzene rings is 2. The van der Waals surface area contributed by atoms with Gasteiger partial charge in [-0.3, -0.25) is 0 Å². The highest BCUT2D eigenvalue weighted by molar-refractivity contribution is 5.71. The third-order valence-corrected chi connectivity index (χ3v) is 8.02. The molecule has 6 atom stereocenters. The first-order valence-corrected chi connectivity index (χ1v) is 9.87. The van der Waals surface area contributed by atoms with Crippen LogP contribution in [0.25, 0.3) is 0 Å². The number of nitrogens with zero attached hydrogens (tertiary/aromatic N) is 1. The Hall–Kier alpha value is -1.96. The van der Waals surface area contributed by atoms with Crippen LogP contribution in [0.4, 0.5) is 11.4 Å². The molecule has 6 rings (SSSR count). The van der Waals surface area contributed by atoms with Crippen molar-refractivity contribution < 1.29 is 0 Å². The van der Waals surface area contributed by atoms with Crippen LogP contribution in [0.1, 0.15) is 38.7 Å². The molecule has 1 N–H and O–H groups in total. The summed E-state index contributed by atoms with van der Waals surface area (Å²) in [6.07, 6.45) is 4.31. The highest BCUT2D eigenvalue weighted by Crippen LogP contribution is 2.71. The van der Waals surface area contributed by atoms with Gasteiger partial charge in [-0.25, -0.2) is 0 Å². The van der Waals surface area contributed by atoms with E-state index < -0.39 is 0 Å². The fraction of sp³-hybridized carbons (Fsp3) is 0.478. The Bertz CT molecular complexity index is 846. The van der Waals surface area contributed by atoms with Crippen molar-refractivity contribution in [2.24, 2.45) is 23.7 Å². The number of rotatable bonds is 1. The summed E-state index contributed by atoms with van der Waals surface area (Å²) >= 11 is 0. The van der Waals surface area contributed by atoms with Crippen molar-refractivity contribution in [1.82, 2.24) is 0 Å². The molecule has 2 aliphatic carbocycles. The maximum Gasteiger partial charge on any atom is 0.112 e. The first kappa shape index (κ1) is 14.2. The highest BCUT2D eigenvalue weighted by Gasteiger charge is 2.72. The summed E-state index contributed by atoms with van der Waals surface area (Å²) in [4.78, 5) is 2.75. The van der Waals surface area contributed by atoms with Gasteiger partial charge in [-0.2, -0.15) is 0 Å². The van der Waals surface area contributed by atoms with Crippen LogP contribution in [0.2, 0.25) is 0 Å². The van der Waals surface area contributed by atoms with Crippen molar-refractivity contribution in [3.8, 4) is 0 Å². The lowest BCUT2D eigenvalue weighted by Crippen LogP contribution is -2.60. The number of hydrogen-bond donors (Lipinski definition) is 1. The fourth-order valence-corrected chi connectivity index (χ4v) is 7.55. The lowest BCUT2D eigenvalue weighted by Gasteiger charge is -2.53. The van der Waals surface area contributed by atoms with Gasteiger partial charge >= 0.3 is 0 Å². The molecule has 25 heavy (non-hydrogen) atoms. The molecule has 4 bridgehead atoms. The van der Waals surface area contributed by atoms with Gasteiger partial charge in [0, 0.05) is 22.9 Å². The first-order chi connectivity index (χ1) is 12.1. The molecule has 2 heteroatoms. The molecule has 128 valence electrons. The molecule has 1 saturated heterocycles. The van der Waals surface area contributed by atoms with Crippen molar-refractivity contribution in [1.29, 1.82) is 0 Å². The third-order valence-electron chi connectivity index (χ3n) is 8.02. The molecule has 2 aromatic carbocycles. The van der Waals surface area contributed by atoms with Crippen LogP contribution in [0.3, 0.4) is 0 Å². The van der Waals surface area contributed by atoms with Gasteiger partial charge in [-0.1, -0.05) is 36.4 Å². The van der Waals surface area contributed by atoms with Crippen molar-refractivity contribution in [3.05, 3.63) is 60.2 Å². The number of fused-ring (bicyclic) bond motifs is 11. The van der Waals surface area contributed by atoms with E-state index in [1.807, 2.05) is 0 Å². The van der Waals surface area contributed by atoms with Crippen LogP contribution in [0, 0.1) is 23.7 Å². The SMILES string of the molecule is C[C@]12Nc3ccccc3[C@](C)(C3C1[C@H]1CC[C@@H]3C1)N2c1ccccc1. The molecule has 2 nitrogen and oxygen atoms in total. The quantitative estimate of drug-likeness (QED) is 0.770. The molecular formula is C23H26N2. The van der Waals surface area contributed by atoms with Crippen molar-refractivity contribution in [3.63, 3.8) is 0 Å². The summed E-state index contributed by atoms with van der Waals surface area (Å²) in [7, 11) is 0. The van der Waals surface area contributed by atoms with E-state index in [0.717, 1.165) is 23.7 Å². The molecule has 2 aliphatic heterocycles. The average Bonchev–Trinajstić information content (AvgIpc) is 3.27. The maximum absolute atomic E-state index is 4.02. The Morgan fingerprint density at radius 3 is 2.36 bits per heavy atom. The van der Waals surface area contributed by atoms with Gasteiger partial charge < -0.3 is 10.2 Å². The number of hydrogen-bond acceptors (Lipinski definition) is 2. The molecule has 0 amide bonds. The number of para-hydroxylation sites is 2. The zero-order chi connectivity index (χ0) is 16.8. The summed E-state index contributed by atoms with van der Waals surface area (Å²) in [5.41, 5.74) is 4.31. The summed E-state index contributed by atoms with van der Waals surface area (Å²) < 4.78 is 0. The molecule has 3 fully saturated rings. The number of nitrogens with one attached hydrogen (secondary N) is 1. The van der Waals surface area contributed by atoms with Gasteiger partial charge in [0.05, 0.1) is 5.54 Å². The van der Waals surface area contributed by atoms with E-state index >= 15 is 0 Å². The summed E-state index contributed by atoms with van der Waals surface area (Å²) in [6.45, 7) is 5.00. The zero-order valence-electron chi connectivity index (χ0n) is 15.1. The van der Waals surface area contributed by atoms with Crippen LogP contribution < -0.4 is 10.2 Å². The first-order valence-electron chi connectivity index (χ1n) is 9.87. The fourth-order valence-electron chi connectivity index (χ4n) is 7.55. The van der Waals surface area contributed by atoms with E-state index in [9.17, 15) is 0 Å². The molecule has 2 heterocycles. The number of anilines is 2. The summed E-state index contributed by atoms with van der Waals surface area (Å²) in [6, 6.07) is 20.2. The largest absolute Gasteiger partial charge is 0.362 e. The van der Waals surface area contributed by atoms with E-state index in [0.29, 0.717) is 0 Å². The lowest BCUT2D eigenvalue weighted by molar-refractivity contribution is 0.179. The molecule has 2 aromatic rings. The minimum atomic E-state index is 0.00889. The molecule has 4 aliphatic rings. The van der Waals surface area contributed by atoms with Crippen LogP contribution in [-0.2, 0) is 5.54 Å². The molecule has 0 spiro atoms. The molecule has 0 aromatic heterocycles. The van der Waals surface area contributed by atoms with Crippen molar-refractivity contribution >= 4 is 11.4 Å². The van der Waals surface area contributed by atoms with Gasteiger partial charge in [-0.15, -0.1) is 0 Å². The van der Waals surface area contributed by atoms with Gasteiger partial charge in [-0.05, 0) is 69.1 Å². The third kappa shape index (κ3) is 1.49. The van der Waals surface area contributed by atoms with Crippen LogP contribution in [-0.4, -0.2) is 5.66 Å². The van der Waals surface area contributed by atoms with Crippen LogP contribution in [0.5, 0.6) is 0 Å². The molecule has 2 saturated carbocycles. The second kappa shape index (κ2) is 4.41. The van der Waals surface area contributed by atoms with Gasteiger partial charge in [0.15, 0.2) is 0 Å². The van der Waals surface area contributed by atoms with E-state index in [1.165, 1.54) is 36.2 Å². The minimum absolute atomic E-state index is 0.00889. The maximum atomic E-state index is 4.02.